The van der Waals surface area contributed by atoms with Crippen LogP contribution < -0.4 is 0 Å². The zero-order valence-electron chi connectivity index (χ0n) is 19.6. The molecular weight excluding hydrogens is 453 g/mol. The first-order chi connectivity index (χ1) is 16.8. The van der Waals surface area contributed by atoms with E-state index >= 15 is 0 Å². The Kier molecular flexibility index (Phi) is 6.43. The average Bonchev–Trinajstić information content (AvgIpc) is 3.46. The minimum absolute atomic E-state index is 0.00287. The van der Waals surface area contributed by atoms with Crippen molar-refractivity contribution in [3.8, 4) is 0 Å². The number of amides is 2. The number of halogens is 3. The van der Waals surface area contributed by atoms with Crippen molar-refractivity contribution in [3.05, 3.63) is 76.6 Å². The van der Waals surface area contributed by atoms with E-state index < -0.39 is 17.5 Å². The van der Waals surface area contributed by atoms with Crippen molar-refractivity contribution in [1.82, 2.24) is 9.80 Å². The molecule has 3 aliphatic rings. The summed E-state index contributed by atoms with van der Waals surface area (Å²) < 4.78 is 40.4. The first-order valence-corrected chi connectivity index (χ1v) is 12.3. The van der Waals surface area contributed by atoms with Gasteiger partial charge in [-0.3, -0.25) is 9.59 Å². The summed E-state index contributed by atoms with van der Waals surface area (Å²) in [6.45, 7) is 2.60. The average molecular weight is 483 g/mol. The van der Waals surface area contributed by atoms with Gasteiger partial charge < -0.3 is 9.80 Å². The molecule has 2 amide bonds. The molecule has 0 saturated carbocycles. The van der Waals surface area contributed by atoms with Crippen LogP contribution in [-0.4, -0.2) is 47.8 Å². The maximum Gasteiger partial charge on any atom is 0.246 e. The largest absolute Gasteiger partial charge is 0.343 e. The molecule has 1 spiro atoms. The molecule has 35 heavy (non-hydrogen) atoms. The van der Waals surface area contributed by atoms with Crippen molar-refractivity contribution in [1.29, 1.82) is 0 Å². The maximum absolute atomic E-state index is 13.9. The molecule has 0 bridgehead atoms. The topological polar surface area (TPSA) is 40.6 Å². The first kappa shape index (κ1) is 23.6. The maximum atomic E-state index is 13.9. The number of hydrogen-bond donors (Lipinski definition) is 0. The smallest absolute Gasteiger partial charge is 0.246 e. The van der Waals surface area contributed by atoms with Gasteiger partial charge in [-0.2, -0.15) is 0 Å². The Bertz CT molecular complexity index is 1150. The van der Waals surface area contributed by atoms with Crippen LogP contribution in [0, 0.1) is 28.8 Å². The molecule has 2 aromatic carbocycles. The lowest BCUT2D eigenvalue weighted by Gasteiger charge is -2.39. The van der Waals surface area contributed by atoms with Crippen LogP contribution in [0.4, 0.5) is 13.2 Å². The Morgan fingerprint density at radius 3 is 2.17 bits per heavy atom. The van der Waals surface area contributed by atoms with Gasteiger partial charge in [0.25, 0.3) is 0 Å². The van der Waals surface area contributed by atoms with Crippen LogP contribution in [0.3, 0.4) is 0 Å². The van der Waals surface area contributed by atoms with Crippen molar-refractivity contribution < 1.29 is 22.8 Å². The van der Waals surface area contributed by atoms with Gasteiger partial charge >= 0.3 is 0 Å². The van der Waals surface area contributed by atoms with Crippen LogP contribution in [0.25, 0.3) is 6.08 Å². The fraction of sp³-hybridized carbons (Fsp3) is 0.429. The summed E-state index contributed by atoms with van der Waals surface area (Å²) in [6.07, 6.45) is 7.51. The van der Waals surface area contributed by atoms with E-state index in [0.29, 0.717) is 38.5 Å². The van der Waals surface area contributed by atoms with Gasteiger partial charge in [-0.05, 0) is 72.8 Å². The molecule has 0 atom stereocenters. The Morgan fingerprint density at radius 2 is 1.51 bits per heavy atom. The minimum Gasteiger partial charge on any atom is -0.343 e. The van der Waals surface area contributed by atoms with Crippen molar-refractivity contribution in [2.24, 2.45) is 11.3 Å². The van der Waals surface area contributed by atoms with Crippen LogP contribution in [0.2, 0.25) is 0 Å². The fourth-order valence-corrected chi connectivity index (χ4v) is 5.87. The number of piperidine rings is 1. The number of hydrogen-bond acceptors (Lipinski definition) is 2. The third kappa shape index (κ3) is 4.86. The van der Waals surface area contributed by atoms with Crippen LogP contribution in [-0.2, 0) is 22.4 Å². The van der Waals surface area contributed by atoms with E-state index in [1.54, 1.807) is 4.90 Å². The number of likely N-dealkylation sites (tertiary alicyclic amines) is 2. The van der Waals surface area contributed by atoms with Crippen LogP contribution in [0.1, 0.15) is 42.4 Å². The van der Waals surface area contributed by atoms with Crippen molar-refractivity contribution in [3.63, 3.8) is 0 Å². The molecule has 2 saturated heterocycles. The lowest BCUT2D eigenvalue weighted by Crippen LogP contribution is -2.45. The van der Waals surface area contributed by atoms with Gasteiger partial charge in [0.2, 0.25) is 11.8 Å². The van der Waals surface area contributed by atoms with E-state index in [0.717, 1.165) is 44.2 Å². The molecule has 2 aliphatic heterocycles. The van der Waals surface area contributed by atoms with Crippen molar-refractivity contribution >= 4 is 17.9 Å². The Balaban J connectivity index is 1.12. The fourth-order valence-electron chi connectivity index (χ4n) is 5.87. The molecule has 184 valence electrons. The standard InChI is InChI=1S/C28H29F3N2O2/c29-23-7-5-20(26(30)27(23)31)6-8-24(34)33-14-11-28(18-33)9-12-32(13-10-28)25(35)17-19-15-21-3-1-2-4-22(21)16-19/h1-8,19H,9-18H2/b8-6+. The van der Waals surface area contributed by atoms with E-state index in [9.17, 15) is 22.8 Å². The first-order valence-electron chi connectivity index (χ1n) is 12.3. The van der Waals surface area contributed by atoms with E-state index in [-0.39, 0.29) is 22.8 Å². The molecule has 2 heterocycles. The second kappa shape index (κ2) is 9.51. The molecule has 0 N–H and O–H groups in total. The summed E-state index contributed by atoms with van der Waals surface area (Å²) in [5, 5.41) is 0. The number of fused-ring (bicyclic) bond motifs is 1. The highest BCUT2D eigenvalue weighted by Crippen LogP contribution is 2.41. The molecule has 0 aromatic heterocycles. The Hall–Kier alpha value is -3.09. The number of carbonyl (C=O) groups is 2. The molecule has 4 nitrogen and oxygen atoms in total. The quantitative estimate of drug-likeness (QED) is 0.466. The summed E-state index contributed by atoms with van der Waals surface area (Å²) in [4.78, 5) is 29.3. The van der Waals surface area contributed by atoms with Crippen LogP contribution in [0.5, 0.6) is 0 Å². The molecule has 5 rings (SSSR count). The molecule has 1 aliphatic carbocycles. The highest BCUT2D eigenvalue weighted by Gasteiger charge is 2.42. The number of carbonyl (C=O) groups excluding carboxylic acids is 2. The molecule has 0 radical (unpaired) electrons. The van der Waals surface area contributed by atoms with Gasteiger partial charge in [0, 0.05) is 44.2 Å². The molecule has 0 unspecified atom stereocenters. The zero-order valence-corrected chi connectivity index (χ0v) is 19.6. The normalized spacial score (nSPS) is 19.6. The Labute approximate surface area is 203 Å². The zero-order chi connectivity index (χ0) is 24.6. The molecule has 7 heteroatoms. The summed E-state index contributed by atoms with van der Waals surface area (Å²) in [7, 11) is 0. The highest BCUT2D eigenvalue weighted by atomic mass is 19.2. The summed E-state index contributed by atoms with van der Waals surface area (Å²) in [5.74, 6) is -3.78. The summed E-state index contributed by atoms with van der Waals surface area (Å²) in [6, 6.07) is 10.4. The van der Waals surface area contributed by atoms with Gasteiger partial charge in [0.1, 0.15) is 0 Å². The lowest BCUT2D eigenvalue weighted by molar-refractivity contribution is -0.135. The lowest BCUT2D eigenvalue weighted by atomic mass is 9.77. The van der Waals surface area contributed by atoms with Crippen LogP contribution >= 0.6 is 0 Å². The minimum atomic E-state index is -1.54. The van der Waals surface area contributed by atoms with Gasteiger partial charge in [-0.1, -0.05) is 24.3 Å². The summed E-state index contributed by atoms with van der Waals surface area (Å²) in [5.41, 5.74) is 2.56. The third-order valence-electron chi connectivity index (χ3n) is 8.00. The number of nitrogens with zero attached hydrogens (tertiary/aromatic N) is 2. The molecular formula is C28H29F3N2O2. The predicted octanol–water partition coefficient (Wildman–Crippen LogP) is 4.76. The van der Waals surface area contributed by atoms with E-state index in [1.165, 1.54) is 23.3 Å². The summed E-state index contributed by atoms with van der Waals surface area (Å²) >= 11 is 0. The Morgan fingerprint density at radius 1 is 0.886 bits per heavy atom. The van der Waals surface area contributed by atoms with E-state index in [4.69, 9.17) is 0 Å². The van der Waals surface area contributed by atoms with Crippen molar-refractivity contribution in [2.45, 2.75) is 38.5 Å². The number of benzene rings is 2. The second-order valence-corrected chi connectivity index (χ2v) is 10.2. The highest BCUT2D eigenvalue weighted by molar-refractivity contribution is 5.92. The SMILES string of the molecule is O=C(/C=C/c1ccc(F)c(F)c1F)N1CCC2(CCN(C(=O)CC3Cc4ccccc4C3)CC2)C1. The third-order valence-corrected chi connectivity index (χ3v) is 8.00. The van der Waals surface area contributed by atoms with Gasteiger partial charge in [-0.25, -0.2) is 13.2 Å². The van der Waals surface area contributed by atoms with Crippen LogP contribution in [0.15, 0.2) is 42.5 Å². The van der Waals surface area contributed by atoms with Gasteiger partial charge in [0.05, 0.1) is 0 Å². The molecule has 2 fully saturated rings. The van der Waals surface area contributed by atoms with E-state index in [1.807, 2.05) is 4.90 Å². The predicted molar refractivity (Wildman–Crippen MR) is 127 cm³/mol. The number of rotatable bonds is 4. The molecule has 2 aromatic rings. The second-order valence-electron chi connectivity index (χ2n) is 10.2. The van der Waals surface area contributed by atoms with Gasteiger partial charge in [0.15, 0.2) is 17.5 Å². The van der Waals surface area contributed by atoms with Gasteiger partial charge in [-0.15, -0.1) is 0 Å². The monoisotopic (exact) mass is 482 g/mol. The van der Waals surface area contributed by atoms with E-state index in [2.05, 4.69) is 24.3 Å². The van der Waals surface area contributed by atoms with Crippen molar-refractivity contribution in [2.75, 3.05) is 26.2 Å².